The fourth-order valence-electron chi connectivity index (χ4n) is 28.1. The van der Waals surface area contributed by atoms with Crippen LogP contribution in [0.1, 0.15) is 923 Å². The van der Waals surface area contributed by atoms with Crippen LogP contribution in [0.25, 0.3) is 0 Å². The molecule has 898 valence electrons. The topological polar surface area (TPSA) is 0 Å². The van der Waals surface area contributed by atoms with Crippen molar-refractivity contribution in [1.82, 2.24) is 0 Å². The molecule has 0 radical (unpaired) electrons. The lowest BCUT2D eigenvalue weighted by atomic mass is 9.66. The molecule has 0 aromatic carbocycles. The van der Waals surface area contributed by atoms with E-state index in [1.165, 1.54) is 809 Å². The summed E-state index contributed by atoms with van der Waals surface area (Å²) in [6.07, 6.45) is 200. The van der Waals surface area contributed by atoms with Crippen LogP contribution in [0.5, 0.6) is 0 Å². The summed E-state index contributed by atoms with van der Waals surface area (Å²) in [6, 6.07) is 0.812. The number of hydrogen-bond donors (Lipinski definition) is 0. The van der Waals surface area contributed by atoms with Gasteiger partial charge in [0.2, 0.25) is 0 Å². The second-order valence-corrected chi connectivity index (χ2v) is 52.1. The third-order valence-corrected chi connectivity index (χ3v) is 37.9. The molecule has 0 atom stereocenters. The Morgan fingerprint density at radius 1 is 0.101 bits per heavy atom. The van der Waals surface area contributed by atoms with Gasteiger partial charge in [0, 0.05) is 38.5 Å². The van der Waals surface area contributed by atoms with Gasteiger partial charge >= 0.3 is 0 Å². The Bertz CT molecular complexity index is 1990. The molecule has 2 heteroatoms. The molecule has 0 unspecified atom stereocenters. The molecule has 0 bridgehead atoms. The van der Waals surface area contributed by atoms with Crippen molar-refractivity contribution in [3.63, 3.8) is 0 Å². The Kier molecular flexibility index (Phi) is 134. The van der Waals surface area contributed by atoms with Gasteiger partial charge in [-0.05, 0) is 77.0 Å². The van der Waals surface area contributed by atoms with Crippen LogP contribution >= 0.6 is 0 Å². The first-order valence-electron chi connectivity index (χ1n) is 73.3. The van der Waals surface area contributed by atoms with Crippen molar-refractivity contribution in [3.8, 4) is 0 Å². The van der Waals surface area contributed by atoms with Gasteiger partial charge in [0.15, 0.2) is 0 Å². The van der Waals surface area contributed by atoms with Crippen molar-refractivity contribution in [2.24, 2.45) is 0 Å². The number of nitrogens with zero attached hydrogens (tertiary/aromatic N) is 1. The van der Waals surface area contributed by atoms with E-state index in [1.54, 1.807) is 62.4 Å². The van der Waals surface area contributed by atoms with Gasteiger partial charge in [-0.2, -0.15) is 0 Å². The summed E-state index contributed by atoms with van der Waals surface area (Å²) >= 11 is 0. The van der Waals surface area contributed by atoms with Gasteiger partial charge in [0.25, 0.3) is 0 Å². The van der Waals surface area contributed by atoms with Crippen LogP contribution in [0.2, 0.25) is 0 Å². The fourth-order valence-corrected chi connectivity index (χ4v) is 28.1. The van der Waals surface area contributed by atoms with E-state index in [-0.39, 0.29) is 17.0 Å². The van der Waals surface area contributed by atoms with Crippen LogP contribution in [0, 0.1) is 0 Å². The monoisotopic (exact) mass is 2160 g/mol. The number of halogens is 1. The number of unbranched alkanes of at least 4 members (excludes halogenated alkanes) is 117. The molecule has 0 N–H and O–H groups in total. The summed E-state index contributed by atoms with van der Waals surface area (Å²) in [4.78, 5) is 0. The van der Waals surface area contributed by atoms with E-state index >= 15 is 0 Å². The van der Waals surface area contributed by atoms with Gasteiger partial charge in [-0.25, -0.2) is 0 Å². The lowest BCUT2D eigenvalue weighted by molar-refractivity contribution is -1.04. The lowest BCUT2D eigenvalue weighted by Crippen LogP contribution is -3.00. The molecule has 0 saturated heterocycles. The molecule has 0 aliphatic heterocycles. The minimum Gasteiger partial charge on any atom is -1.00 e. The second-order valence-electron chi connectivity index (χ2n) is 52.1. The van der Waals surface area contributed by atoms with Gasteiger partial charge in [0.05, 0.1) is 23.7 Å². The van der Waals surface area contributed by atoms with E-state index in [2.05, 4.69) is 62.3 Å². The molecule has 0 spiro atoms. The Morgan fingerprint density at radius 3 is 0.282 bits per heavy atom. The average Bonchev–Trinajstić information content (AvgIpc) is 0.705. The Balaban J connectivity index is 0. The van der Waals surface area contributed by atoms with Crippen LogP contribution in [-0.4, -0.2) is 28.1 Å². The largest absolute Gasteiger partial charge is 1.00 e. The molecule has 0 aliphatic rings. The van der Waals surface area contributed by atoms with Crippen LogP contribution in [0.4, 0.5) is 0 Å². The first-order chi connectivity index (χ1) is 73.4. The van der Waals surface area contributed by atoms with Crippen molar-refractivity contribution in [3.05, 3.63) is 0 Å². The highest BCUT2D eigenvalue weighted by Crippen LogP contribution is 2.56. The molecule has 0 aromatic rings. The van der Waals surface area contributed by atoms with Crippen LogP contribution in [0.15, 0.2) is 0 Å². The molecule has 0 aliphatic carbocycles. The zero-order valence-electron chi connectivity index (χ0n) is 107. The van der Waals surface area contributed by atoms with Crippen molar-refractivity contribution in [2.45, 2.75) is 940 Å². The normalized spacial score (nSPS) is 12.2. The highest BCUT2D eigenvalue weighted by atomic mass is 79.9. The summed E-state index contributed by atoms with van der Waals surface area (Å²) in [5, 5.41) is 0. The summed E-state index contributed by atoms with van der Waals surface area (Å²) in [5.41, 5.74) is 0.696. The van der Waals surface area contributed by atoms with Gasteiger partial charge in [-0.3, -0.25) is 0 Å². The maximum Gasteiger partial charge on any atom is 0.0998 e. The third kappa shape index (κ3) is 103. The van der Waals surface area contributed by atoms with E-state index in [0.29, 0.717) is 11.1 Å². The van der Waals surface area contributed by atoms with Crippen LogP contribution < -0.4 is 17.0 Å². The Morgan fingerprint density at radius 2 is 0.181 bits per heavy atom. The predicted octanol–water partition coefficient (Wildman–Crippen LogP) is 53.1. The quantitative estimate of drug-likeness (QED) is 0.0421. The van der Waals surface area contributed by atoms with Crippen LogP contribution in [-0.2, 0) is 0 Å². The molecule has 149 heavy (non-hydrogen) atoms. The summed E-state index contributed by atoms with van der Waals surface area (Å²) in [6.45, 7) is 23.1. The number of hydrogen-bond acceptors (Lipinski definition) is 0. The smallest absolute Gasteiger partial charge is 0.0998 e. The van der Waals surface area contributed by atoms with Gasteiger partial charge in [0.1, 0.15) is 0 Å². The number of rotatable bonds is 138. The molecule has 1 nitrogen and oxygen atoms in total. The maximum absolute atomic E-state index is 2.40. The van der Waals surface area contributed by atoms with Crippen molar-refractivity contribution >= 4 is 0 Å². The molecule has 0 fully saturated rings. The number of quaternary nitrogens is 1. The Labute approximate surface area is 961 Å². The maximum atomic E-state index is 2.40. The van der Waals surface area contributed by atoms with Gasteiger partial charge < -0.3 is 21.5 Å². The first-order valence-corrected chi connectivity index (χ1v) is 73.3. The van der Waals surface area contributed by atoms with Crippen LogP contribution in [0.3, 0.4) is 0 Å². The zero-order valence-corrected chi connectivity index (χ0v) is 108. The van der Waals surface area contributed by atoms with Crippen molar-refractivity contribution < 1.29 is 21.5 Å². The SMILES string of the molecule is CCCCCCCCCCCCCCCCC(CCCCCCCCCCCCCCCC)[N+](CCCCCCCCCCCCCCCC)(C(CCCCCCCCCCCCCCCC)(CCCCCCCCCCCCCCCC)CCCCCCCCCCCCCCCC)C(CCCCCCCCCCCCCCCC)(CCCCCCCCCCCCCCCC)CCCCCCCCCCCCCCCC.[Br-]. The van der Waals surface area contributed by atoms with E-state index < -0.39 is 0 Å². The zero-order chi connectivity index (χ0) is 107. The molecule has 0 saturated carbocycles. The second kappa shape index (κ2) is 132. The Hall–Kier alpha value is 0.440. The van der Waals surface area contributed by atoms with E-state index in [0.717, 1.165) is 6.04 Å². The van der Waals surface area contributed by atoms with Crippen molar-refractivity contribution in [1.29, 1.82) is 0 Å². The predicted molar refractivity (Wildman–Crippen MR) is 684 cm³/mol. The van der Waals surface area contributed by atoms with Gasteiger partial charge in [-0.1, -0.05) is 807 Å². The van der Waals surface area contributed by atoms with Gasteiger partial charge in [-0.15, -0.1) is 0 Å². The minimum absolute atomic E-state index is 0. The molecular formula is C147H298BrN. The molecule has 0 rings (SSSR count). The third-order valence-electron chi connectivity index (χ3n) is 37.9. The highest BCUT2D eigenvalue weighted by Gasteiger charge is 2.63. The summed E-state index contributed by atoms with van der Waals surface area (Å²) in [7, 11) is 0. The van der Waals surface area contributed by atoms with E-state index in [4.69, 9.17) is 0 Å². The molecular weight excluding hydrogens is 1860 g/mol. The average molecular weight is 2160 g/mol. The van der Waals surface area contributed by atoms with E-state index in [9.17, 15) is 0 Å². The summed E-state index contributed by atoms with van der Waals surface area (Å²) in [5.74, 6) is 0. The lowest BCUT2D eigenvalue weighted by Gasteiger charge is -2.68. The molecule has 0 aromatic heterocycles. The minimum atomic E-state index is 0. The highest BCUT2D eigenvalue weighted by molar-refractivity contribution is 4.96. The van der Waals surface area contributed by atoms with E-state index in [1.807, 2.05) is 0 Å². The molecule has 0 amide bonds. The summed E-state index contributed by atoms with van der Waals surface area (Å²) < 4.78 is 1.65. The fraction of sp³-hybridized carbons (Fsp3) is 1.00. The molecule has 0 heterocycles. The van der Waals surface area contributed by atoms with Crippen molar-refractivity contribution in [2.75, 3.05) is 6.54 Å². The first kappa shape index (κ1) is 151. The standard InChI is InChI=1S/C147H298N.BrH/c1-10-19-28-37-46-55-64-73-82-91-100-109-118-127-136-145(137-128-119-110-101-92-83-74-65-56-47-38-29-20-11-2)148(144-135-126-117-108-99-90-81-72-63-54-45-36-27-18-9,146(138-129-120-111-102-93-84-75-66-57-48-39-30-21-12-3,139-130-121-112-103-94-85-76-67-58-49-40-31-22-13-4)140-131-122-113-104-95-86-77-68-59-50-41-32-23-14-5)147(141-132-123-114-105-96-87-78-69-60-51-42-33-24-15-6,142-133-124-115-106-97-88-79-70-61-52-43-34-25-16-7)143-134-125-116-107-98-89-80-71-62-53-44-35-26-17-8;/h145H,10-144H2,1-9H3;1H/q+1;/p-1.